The molecule has 3 rings (SSSR count). The molecule has 0 aliphatic carbocycles. The fourth-order valence-electron chi connectivity index (χ4n) is 5.53. The molecule has 2 aromatic carbocycles. The van der Waals surface area contributed by atoms with Crippen molar-refractivity contribution in [2.24, 2.45) is 10.8 Å². The van der Waals surface area contributed by atoms with Crippen LogP contribution in [0.2, 0.25) is 0 Å². The fraction of sp³-hybridized carbons (Fsp3) is 0.500. The summed E-state index contributed by atoms with van der Waals surface area (Å²) in [5, 5.41) is 0. The molecule has 1 heteroatoms. The highest BCUT2D eigenvalue weighted by molar-refractivity contribution is 5.35. The highest BCUT2D eigenvalue weighted by Crippen LogP contribution is 2.55. The number of benzene rings is 2. The van der Waals surface area contributed by atoms with Crippen molar-refractivity contribution in [2.75, 3.05) is 13.2 Å². The zero-order chi connectivity index (χ0) is 21.2. The first-order valence-electron chi connectivity index (χ1n) is 10.9. The van der Waals surface area contributed by atoms with E-state index >= 15 is 0 Å². The Labute approximate surface area is 178 Å². The molecule has 2 unspecified atom stereocenters. The van der Waals surface area contributed by atoms with Gasteiger partial charge in [-0.3, -0.25) is 0 Å². The second-order valence-corrected chi connectivity index (χ2v) is 10.8. The first kappa shape index (κ1) is 21.8. The summed E-state index contributed by atoms with van der Waals surface area (Å²) >= 11 is 0. The number of allylic oxidation sites excluding steroid dienone is 1. The molecule has 1 aliphatic heterocycles. The summed E-state index contributed by atoms with van der Waals surface area (Å²) < 4.78 is 6.53. The normalized spacial score (nSPS) is 25.6. The van der Waals surface area contributed by atoms with Crippen molar-refractivity contribution in [1.29, 1.82) is 0 Å². The molecular weight excluding hydrogens is 352 g/mol. The average molecular weight is 391 g/mol. The summed E-state index contributed by atoms with van der Waals surface area (Å²) in [6.45, 7) is 17.4. The molecule has 2 atom stereocenters. The molecule has 1 fully saturated rings. The van der Waals surface area contributed by atoms with Crippen LogP contribution in [0.1, 0.15) is 65.0 Å². The van der Waals surface area contributed by atoms with E-state index in [4.69, 9.17) is 4.74 Å². The van der Waals surface area contributed by atoms with Crippen LogP contribution in [-0.2, 0) is 15.6 Å². The maximum absolute atomic E-state index is 6.53. The molecule has 0 aromatic heterocycles. The van der Waals surface area contributed by atoms with Crippen molar-refractivity contribution in [3.05, 3.63) is 84.4 Å². The van der Waals surface area contributed by atoms with Gasteiger partial charge in [0.15, 0.2) is 0 Å². The van der Waals surface area contributed by atoms with E-state index in [1.54, 1.807) is 0 Å². The third-order valence-electron chi connectivity index (χ3n) is 7.03. The lowest BCUT2D eigenvalue weighted by atomic mass is 9.52. The molecule has 156 valence electrons. The van der Waals surface area contributed by atoms with E-state index in [1.807, 2.05) is 0 Å². The van der Waals surface area contributed by atoms with Crippen LogP contribution in [0, 0.1) is 10.8 Å². The van der Waals surface area contributed by atoms with E-state index in [0.29, 0.717) is 0 Å². The molecule has 2 aromatic rings. The summed E-state index contributed by atoms with van der Waals surface area (Å²) in [5.74, 6) is 0. The Morgan fingerprint density at radius 3 is 1.93 bits per heavy atom. The van der Waals surface area contributed by atoms with Gasteiger partial charge in [-0.2, -0.15) is 0 Å². The van der Waals surface area contributed by atoms with Gasteiger partial charge in [0.2, 0.25) is 0 Å². The maximum Gasteiger partial charge on any atom is 0.0568 e. The zero-order valence-electron chi connectivity index (χ0n) is 19.0. The minimum Gasteiger partial charge on any atom is -0.380 e. The SMILES string of the molecule is C=CCC(C)(C)CC1(c2ccccc2)COCC(c2ccccc2)(C(C)(C)C)C1. The van der Waals surface area contributed by atoms with Crippen LogP contribution in [0.25, 0.3) is 0 Å². The third-order valence-corrected chi connectivity index (χ3v) is 7.03. The minimum atomic E-state index is -0.0351. The van der Waals surface area contributed by atoms with Crippen molar-refractivity contribution in [3.8, 4) is 0 Å². The van der Waals surface area contributed by atoms with Crippen molar-refractivity contribution in [3.63, 3.8) is 0 Å². The van der Waals surface area contributed by atoms with Gasteiger partial charge >= 0.3 is 0 Å². The molecule has 29 heavy (non-hydrogen) atoms. The van der Waals surface area contributed by atoms with Crippen LogP contribution >= 0.6 is 0 Å². The Hall–Kier alpha value is -1.86. The number of rotatable bonds is 6. The fourth-order valence-corrected chi connectivity index (χ4v) is 5.53. The lowest BCUT2D eigenvalue weighted by molar-refractivity contribution is -0.0742. The standard InChI is InChI=1S/C28H38O/c1-7-18-26(5,6)19-27(23-14-10-8-11-15-23)20-28(22-29-21-27,25(2,3)4)24-16-12-9-13-17-24/h7-17H,1,18-22H2,2-6H3. The first-order chi connectivity index (χ1) is 13.6. The summed E-state index contributed by atoms with van der Waals surface area (Å²) in [5.41, 5.74) is 2.99. The van der Waals surface area contributed by atoms with E-state index in [1.165, 1.54) is 11.1 Å². The van der Waals surface area contributed by atoms with Crippen LogP contribution in [0.15, 0.2) is 73.3 Å². The second-order valence-electron chi connectivity index (χ2n) is 10.8. The van der Waals surface area contributed by atoms with Gasteiger partial charge < -0.3 is 4.74 Å². The van der Waals surface area contributed by atoms with Crippen molar-refractivity contribution >= 4 is 0 Å². The highest BCUT2D eigenvalue weighted by atomic mass is 16.5. The molecular formula is C28H38O. The maximum atomic E-state index is 6.53. The molecule has 0 saturated carbocycles. The topological polar surface area (TPSA) is 9.23 Å². The molecule has 1 nitrogen and oxygen atoms in total. The van der Waals surface area contributed by atoms with Gasteiger partial charge in [0.1, 0.15) is 0 Å². The number of hydrogen-bond donors (Lipinski definition) is 0. The Bertz CT molecular complexity index is 799. The lowest BCUT2D eigenvalue weighted by Crippen LogP contribution is -2.56. The van der Waals surface area contributed by atoms with E-state index in [2.05, 4.69) is 108 Å². The van der Waals surface area contributed by atoms with Crippen molar-refractivity contribution in [1.82, 2.24) is 0 Å². The Balaban J connectivity index is 2.15. The highest BCUT2D eigenvalue weighted by Gasteiger charge is 2.54. The van der Waals surface area contributed by atoms with E-state index in [-0.39, 0.29) is 21.7 Å². The summed E-state index contributed by atoms with van der Waals surface area (Å²) in [6, 6.07) is 22.1. The molecule has 1 heterocycles. The predicted molar refractivity (Wildman–Crippen MR) is 124 cm³/mol. The van der Waals surface area contributed by atoms with Gasteiger partial charge in [-0.1, -0.05) is 101 Å². The Kier molecular flexibility index (Phi) is 6.11. The Morgan fingerprint density at radius 2 is 1.41 bits per heavy atom. The Morgan fingerprint density at radius 1 is 0.862 bits per heavy atom. The summed E-state index contributed by atoms with van der Waals surface area (Å²) in [6.07, 6.45) is 5.25. The van der Waals surface area contributed by atoms with Crippen LogP contribution in [0.4, 0.5) is 0 Å². The van der Waals surface area contributed by atoms with Crippen molar-refractivity contribution < 1.29 is 4.74 Å². The van der Waals surface area contributed by atoms with Gasteiger partial charge in [0.25, 0.3) is 0 Å². The van der Waals surface area contributed by atoms with Crippen LogP contribution in [0.3, 0.4) is 0 Å². The van der Waals surface area contributed by atoms with Crippen LogP contribution in [-0.4, -0.2) is 13.2 Å². The van der Waals surface area contributed by atoms with Gasteiger partial charge in [0, 0.05) is 10.8 Å². The van der Waals surface area contributed by atoms with E-state index < -0.39 is 0 Å². The third kappa shape index (κ3) is 4.36. The second kappa shape index (κ2) is 8.11. The van der Waals surface area contributed by atoms with Crippen molar-refractivity contribution in [2.45, 2.75) is 64.7 Å². The van der Waals surface area contributed by atoms with E-state index in [9.17, 15) is 0 Å². The zero-order valence-corrected chi connectivity index (χ0v) is 19.0. The average Bonchev–Trinajstić information content (AvgIpc) is 2.68. The molecule has 1 aliphatic rings. The molecule has 0 bridgehead atoms. The smallest absolute Gasteiger partial charge is 0.0568 e. The van der Waals surface area contributed by atoms with Gasteiger partial charge in [-0.25, -0.2) is 0 Å². The molecule has 0 amide bonds. The largest absolute Gasteiger partial charge is 0.380 e. The monoisotopic (exact) mass is 390 g/mol. The van der Waals surface area contributed by atoms with Crippen LogP contribution in [0.5, 0.6) is 0 Å². The molecule has 0 radical (unpaired) electrons. The van der Waals surface area contributed by atoms with Gasteiger partial charge in [-0.05, 0) is 41.2 Å². The van der Waals surface area contributed by atoms with Gasteiger partial charge in [0.05, 0.1) is 13.2 Å². The molecule has 0 spiro atoms. The lowest BCUT2D eigenvalue weighted by Gasteiger charge is -2.56. The summed E-state index contributed by atoms with van der Waals surface area (Å²) in [4.78, 5) is 0. The van der Waals surface area contributed by atoms with E-state index in [0.717, 1.165) is 32.5 Å². The molecule has 0 N–H and O–H groups in total. The van der Waals surface area contributed by atoms with Crippen LogP contribution < -0.4 is 0 Å². The number of hydrogen-bond acceptors (Lipinski definition) is 1. The summed E-state index contributed by atoms with van der Waals surface area (Å²) in [7, 11) is 0. The first-order valence-corrected chi connectivity index (χ1v) is 10.9. The number of ether oxygens (including phenoxy) is 1. The predicted octanol–water partition coefficient (Wildman–Crippen LogP) is 7.32. The minimum absolute atomic E-state index is 0.0187. The molecule has 1 saturated heterocycles. The van der Waals surface area contributed by atoms with Gasteiger partial charge in [-0.15, -0.1) is 6.58 Å². The quantitative estimate of drug-likeness (QED) is 0.469.